The van der Waals surface area contributed by atoms with Crippen molar-refractivity contribution in [2.75, 3.05) is 19.0 Å². The Hall–Kier alpha value is -2.24. The van der Waals surface area contributed by atoms with Crippen LogP contribution in [0.1, 0.15) is 12.5 Å². The van der Waals surface area contributed by atoms with Crippen molar-refractivity contribution >= 4 is 40.5 Å². The van der Waals surface area contributed by atoms with Crippen LogP contribution in [-0.2, 0) is 4.79 Å². The SMILES string of the molecule is COc1ccccc1NCC(=O)N/N=C(/C)c1cc(Cl)ccc1Cl. The van der Waals surface area contributed by atoms with E-state index in [2.05, 4.69) is 15.8 Å². The predicted molar refractivity (Wildman–Crippen MR) is 98.3 cm³/mol. The summed E-state index contributed by atoms with van der Waals surface area (Å²) in [5.74, 6) is 0.370. The quantitative estimate of drug-likeness (QED) is 0.601. The zero-order valence-corrected chi connectivity index (χ0v) is 14.8. The Morgan fingerprint density at radius 3 is 2.71 bits per heavy atom. The molecule has 24 heavy (non-hydrogen) atoms. The normalized spacial score (nSPS) is 11.1. The van der Waals surface area contributed by atoms with Crippen molar-refractivity contribution in [1.29, 1.82) is 0 Å². The molecule has 0 heterocycles. The Kier molecular flexibility index (Phi) is 6.46. The fourth-order valence-electron chi connectivity index (χ4n) is 1.99. The van der Waals surface area contributed by atoms with Crippen LogP contribution in [0.3, 0.4) is 0 Å². The lowest BCUT2D eigenvalue weighted by Crippen LogP contribution is -2.27. The van der Waals surface area contributed by atoms with Gasteiger partial charge in [-0.1, -0.05) is 35.3 Å². The average Bonchev–Trinajstić information content (AvgIpc) is 2.60. The van der Waals surface area contributed by atoms with E-state index < -0.39 is 0 Å². The highest BCUT2D eigenvalue weighted by Gasteiger charge is 2.07. The van der Waals surface area contributed by atoms with Gasteiger partial charge in [0.15, 0.2) is 0 Å². The van der Waals surface area contributed by atoms with E-state index in [4.69, 9.17) is 27.9 Å². The lowest BCUT2D eigenvalue weighted by atomic mass is 10.1. The zero-order chi connectivity index (χ0) is 17.5. The molecule has 2 rings (SSSR count). The molecule has 0 unspecified atom stereocenters. The fourth-order valence-corrected chi connectivity index (χ4v) is 2.41. The van der Waals surface area contributed by atoms with Crippen molar-refractivity contribution in [1.82, 2.24) is 5.43 Å². The minimum absolute atomic E-state index is 0.0560. The van der Waals surface area contributed by atoms with Crippen molar-refractivity contribution in [2.45, 2.75) is 6.92 Å². The van der Waals surface area contributed by atoms with Crippen LogP contribution in [0.25, 0.3) is 0 Å². The summed E-state index contributed by atoms with van der Waals surface area (Å²) >= 11 is 12.0. The third-order valence-electron chi connectivity index (χ3n) is 3.21. The minimum Gasteiger partial charge on any atom is -0.495 e. The first-order valence-electron chi connectivity index (χ1n) is 7.16. The molecule has 0 aliphatic rings. The summed E-state index contributed by atoms with van der Waals surface area (Å²) in [7, 11) is 1.57. The van der Waals surface area contributed by atoms with Gasteiger partial charge in [0.1, 0.15) is 5.75 Å². The molecule has 0 fully saturated rings. The maximum absolute atomic E-state index is 11.9. The lowest BCUT2D eigenvalue weighted by Gasteiger charge is -2.10. The van der Waals surface area contributed by atoms with Gasteiger partial charge in [-0.25, -0.2) is 5.43 Å². The summed E-state index contributed by atoms with van der Waals surface area (Å²) in [6, 6.07) is 12.4. The number of benzene rings is 2. The Labute approximate surface area is 150 Å². The highest BCUT2D eigenvalue weighted by molar-refractivity contribution is 6.36. The first kappa shape index (κ1) is 18.1. The maximum atomic E-state index is 11.9. The summed E-state index contributed by atoms with van der Waals surface area (Å²) in [4.78, 5) is 11.9. The lowest BCUT2D eigenvalue weighted by molar-refractivity contribution is -0.119. The van der Waals surface area contributed by atoms with E-state index in [9.17, 15) is 4.79 Å². The molecule has 2 N–H and O–H groups in total. The number of methoxy groups -OCH3 is 1. The number of rotatable bonds is 6. The number of hydrogen-bond acceptors (Lipinski definition) is 4. The highest BCUT2D eigenvalue weighted by atomic mass is 35.5. The van der Waals surface area contributed by atoms with Crippen LogP contribution >= 0.6 is 23.2 Å². The largest absolute Gasteiger partial charge is 0.495 e. The van der Waals surface area contributed by atoms with Gasteiger partial charge in [0.05, 0.1) is 25.1 Å². The minimum atomic E-state index is -0.293. The van der Waals surface area contributed by atoms with Crippen molar-refractivity contribution in [3.8, 4) is 5.75 Å². The van der Waals surface area contributed by atoms with Crippen molar-refractivity contribution in [3.63, 3.8) is 0 Å². The average molecular weight is 366 g/mol. The number of ether oxygens (including phenoxy) is 1. The number of para-hydroxylation sites is 2. The summed E-state index contributed by atoms with van der Waals surface area (Å²) in [5.41, 5.74) is 4.44. The van der Waals surface area contributed by atoms with Crippen LogP contribution in [0.15, 0.2) is 47.6 Å². The highest BCUT2D eigenvalue weighted by Crippen LogP contribution is 2.23. The molecule has 0 spiro atoms. The van der Waals surface area contributed by atoms with Gasteiger partial charge in [0, 0.05) is 15.6 Å². The van der Waals surface area contributed by atoms with Crippen molar-refractivity contribution in [2.24, 2.45) is 5.10 Å². The van der Waals surface area contributed by atoms with Crippen molar-refractivity contribution in [3.05, 3.63) is 58.1 Å². The van der Waals surface area contributed by atoms with E-state index in [1.165, 1.54) is 0 Å². The molecule has 5 nitrogen and oxygen atoms in total. The number of halogens is 2. The Morgan fingerprint density at radius 2 is 1.96 bits per heavy atom. The van der Waals surface area contributed by atoms with Crippen molar-refractivity contribution < 1.29 is 9.53 Å². The number of carbonyl (C=O) groups is 1. The van der Waals surface area contributed by atoms with Gasteiger partial charge in [0.2, 0.25) is 0 Å². The number of anilines is 1. The molecule has 7 heteroatoms. The standard InChI is InChI=1S/C17H17Cl2N3O2/c1-11(13-9-12(18)7-8-14(13)19)21-22-17(23)10-20-15-5-3-4-6-16(15)24-2/h3-9,20H,10H2,1-2H3,(H,22,23)/b21-11-. The molecule has 0 radical (unpaired) electrons. The molecule has 0 saturated heterocycles. The van der Waals surface area contributed by atoms with Gasteiger partial charge in [-0.2, -0.15) is 5.10 Å². The van der Waals surface area contributed by atoms with E-state index in [1.54, 1.807) is 32.2 Å². The molecule has 0 aliphatic carbocycles. The van der Waals surface area contributed by atoms with E-state index in [-0.39, 0.29) is 12.5 Å². The third kappa shape index (κ3) is 4.88. The zero-order valence-electron chi connectivity index (χ0n) is 13.3. The number of hydrazone groups is 1. The monoisotopic (exact) mass is 365 g/mol. The van der Waals surface area contributed by atoms with Gasteiger partial charge >= 0.3 is 0 Å². The fraction of sp³-hybridized carbons (Fsp3) is 0.176. The Morgan fingerprint density at radius 1 is 1.21 bits per heavy atom. The third-order valence-corrected chi connectivity index (χ3v) is 3.78. The summed E-state index contributed by atoms with van der Waals surface area (Å²) in [5, 5.41) is 8.11. The number of carbonyl (C=O) groups excluding carboxylic acids is 1. The molecule has 0 aliphatic heterocycles. The molecule has 0 aromatic heterocycles. The second-order valence-electron chi connectivity index (χ2n) is 4.91. The van der Waals surface area contributed by atoms with Gasteiger partial charge in [-0.3, -0.25) is 4.79 Å². The molecule has 2 aromatic carbocycles. The Balaban J connectivity index is 1.96. The van der Waals surface area contributed by atoms with Crippen LogP contribution in [0.2, 0.25) is 10.0 Å². The molecule has 0 saturated carbocycles. The van der Waals surface area contributed by atoms with Crippen LogP contribution in [0, 0.1) is 0 Å². The van der Waals surface area contributed by atoms with Crippen LogP contribution in [0.5, 0.6) is 5.75 Å². The number of hydrogen-bond donors (Lipinski definition) is 2. The van der Waals surface area contributed by atoms with Crippen LogP contribution < -0.4 is 15.5 Å². The van der Waals surface area contributed by atoms with Gasteiger partial charge < -0.3 is 10.1 Å². The van der Waals surface area contributed by atoms with Crippen LogP contribution in [0.4, 0.5) is 5.69 Å². The number of nitrogens with one attached hydrogen (secondary N) is 2. The number of amides is 1. The predicted octanol–water partition coefficient (Wildman–Crippen LogP) is 3.95. The number of nitrogens with zero attached hydrogens (tertiary/aromatic N) is 1. The molecule has 1 amide bonds. The van der Waals surface area contributed by atoms with Crippen LogP contribution in [-0.4, -0.2) is 25.3 Å². The molecular formula is C17H17Cl2N3O2. The molecule has 0 bridgehead atoms. The summed E-state index contributed by atoms with van der Waals surface area (Å²) < 4.78 is 5.21. The molecular weight excluding hydrogens is 349 g/mol. The van der Waals surface area contributed by atoms with E-state index in [0.29, 0.717) is 27.1 Å². The smallest absolute Gasteiger partial charge is 0.259 e. The first-order chi connectivity index (χ1) is 11.5. The Bertz CT molecular complexity index is 763. The molecule has 0 atom stereocenters. The van der Waals surface area contributed by atoms with Gasteiger partial charge in [-0.15, -0.1) is 0 Å². The van der Waals surface area contributed by atoms with E-state index in [0.717, 1.165) is 5.69 Å². The second-order valence-corrected chi connectivity index (χ2v) is 5.75. The summed E-state index contributed by atoms with van der Waals surface area (Å²) in [6.45, 7) is 1.80. The second kappa shape index (κ2) is 8.57. The van der Waals surface area contributed by atoms with Gasteiger partial charge in [0.25, 0.3) is 5.91 Å². The molecule has 2 aromatic rings. The topological polar surface area (TPSA) is 62.7 Å². The maximum Gasteiger partial charge on any atom is 0.259 e. The first-order valence-corrected chi connectivity index (χ1v) is 7.92. The van der Waals surface area contributed by atoms with E-state index in [1.807, 2.05) is 24.3 Å². The van der Waals surface area contributed by atoms with Gasteiger partial charge in [-0.05, 0) is 37.3 Å². The summed E-state index contributed by atoms with van der Waals surface area (Å²) in [6.07, 6.45) is 0. The van der Waals surface area contributed by atoms with E-state index >= 15 is 0 Å². The molecule has 126 valence electrons.